The molecule has 0 spiro atoms. The number of aryl methyl sites for hydroxylation is 1. The highest BCUT2D eigenvalue weighted by molar-refractivity contribution is 5.80. The lowest BCUT2D eigenvalue weighted by Gasteiger charge is -2.34. The predicted octanol–water partition coefficient (Wildman–Crippen LogP) is 2.26. The molecule has 2 amide bonds. The molecule has 6 heteroatoms. The van der Waals surface area contributed by atoms with E-state index in [-0.39, 0.29) is 30.3 Å². The lowest BCUT2D eigenvalue weighted by Crippen LogP contribution is -2.51. The lowest BCUT2D eigenvalue weighted by molar-refractivity contribution is -0.140. The van der Waals surface area contributed by atoms with Gasteiger partial charge in [0.2, 0.25) is 5.91 Å². The Labute approximate surface area is 155 Å². The van der Waals surface area contributed by atoms with Crippen molar-refractivity contribution in [3.8, 4) is 11.8 Å². The molecule has 1 heterocycles. The van der Waals surface area contributed by atoms with Crippen LogP contribution >= 0.6 is 0 Å². The van der Waals surface area contributed by atoms with Gasteiger partial charge in [-0.2, -0.15) is 5.26 Å². The van der Waals surface area contributed by atoms with Gasteiger partial charge in [0.05, 0.1) is 6.07 Å². The maximum Gasteiger partial charge on any atom is 0.260 e. The summed E-state index contributed by atoms with van der Waals surface area (Å²) in [7, 11) is 0. The molecule has 0 radical (unpaired) electrons. The molecule has 1 aliphatic rings. The minimum absolute atomic E-state index is 0.0156. The summed E-state index contributed by atoms with van der Waals surface area (Å²) >= 11 is 0. The van der Waals surface area contributed by atoms with Crippen LogP contribution in [0.4, 0.5) is 0 Å². The van der Waals surface area contributed by atoms with Crippen molar-refractivity contribution < 1.29 is 14.3 Å². The number of carbonyl (C=O) groups is 2. The number of benzene rings is 1. The first-order valence-electron chi connectivity index (χ1n) is 8.89. The third-order valence-electron chi connectivity index (χ3n) is 4.51. The molecule has 0 saturated carbocycles. The quantitative estimate of drug-likeness (QED) is 0.828. The molecule has 0 unspecified atom stereocenters. The highest BCUT2D eigenvalue weighted by Crippen LogP contribution is 2.32. The van der Waals surface area contributed by atoms with Crippen molar-refractivity contribution in [3.63, 3.8) is 0 Å². The van der Waals surface area contributed by atoms with Crippen molar-refractivity contribution in [1.29, 1.82) is 5.26 Å². The Bertz CT molecular complexity index is 708. The van der Waals surface area contributed by atoms with Crippen LogP contribution in [0.5, 0.6) is 5.75 Å². The summed E-state index contributed by atoms with van der Waals surface area (Å²) in [5.74, 6) is 0.474. The maximum atomic E-state index is 12.4. The Morgan fingerprint density at radius 2 is 1.69 bits per heavy atom. The number of hydrogen-bond donors (Lipinski definition) is 0. The van der Waals surface area contributed by atoms with E-state index in [1.807, 2.05) is 25.1 Å². The summed E-state index contributed by atoms with van der Waals surface area (Å²) in [5, 5.41) is 8.60. The molecule has 6 nitrogen and oxygen atoms in total. The van der Waals surface area contributed by atoms with Gasteiger partial charge < -0.3 is 14.5 Å². The van der Waals surface area contributed by atoms with E-state index in [1.165, 1.54) is 0 Å². The molecule has 0 aromatic heterocycles. The number of amides is 2. The Balaban J connectivity index is 1.93. The summed E-state index contributed by atoms with van der Waals surface area (Å²) in [6.45, 7) is 10.2. The van der Waals surface area contributed by atoms with Crippen LogP contribution in [0, 0.1) is 18.3 Å². The van der Waals surface area contributed by atoms with Crippen LogP contribution in [-0.4, -0.2) is 54.4 Å². The summed E-state index contributed by atoms with van der Waals surface area (Å²) < 4.78 is 5.83. The van der Waals surface area contributed by atoms with Gasteiger partial charge >= 0.3 is 0 Å². The van der Waals surface area contributed by atoms with Gasteiger partial charge in [0, 0.05) is 26.2 Å². The van der Waals surface area contributed by atoms with Gasteiger partial charge in [0.1, 0.15) is 12.2 Å². The van der Waals surface area contributed by atoms with Gasteiger partial charge in [-0.1, -0.05) is 38.5 Å². The summed E-state index contributed by atoms with van der Waals surface area (Å²) in [6.07, 6.45) is -0.111. The number of carbonyl (C=O) groups excluding carboxylic acids is 2. The topological polar surface area (TPSA) is 73.6 Å². The number of ether oxygens (including phenoxy) is 1. The van der Waals surface area contributed by atoms with Crippen molar-refractivity contribution in [2.45, 2.75) is 39.5 Å². The molecule has 1 aliphatic heterocycles. The van der Waals surface area contributed by atoms with Crippen molar-refractivity contribution in [2.24, 2.45) is 0 Å². The molecular formula is C20H27N3O3. The van der Waals surface area contributed by atoms with Crippen molar-refractivity contribution in [3.05, 3.63) is 29.3 Å². The fraction of sp³-hybridized carbons (Fsp3) is 0.550. The number of hydrogen-bond acceptors (Lipinski definition) is 4. The molecule has 140 valence electrons. The number of rotatable bonds is 4. The standard InChI is InChI=1S/C20H27N3O3/c1-15-5-6-17(16(13-15)20(2,3)4)26-14-19(25)23-11-9-22(10-12-23)18(24)7-8-21/h5-6,13H,7,9-12,14H2,1-4H3. The van der Waals surface area contributed by atoms with Gasteiger partial charge in [0.15, 0.2) is 6.61 Å². The zero-order chi connectivity index (χ0) is 19.3. The fourth-order valence-corrected chi connectivity index (χ4v) is 2.97. The zero-order valence-electron chi connectivity index (χ0n) is 16.0. The van der Waals surface area contributed by atoms with E-state index in [1.54, 1.807) is 9.80 Å². The largest absolute Gasteiger partial charge is 0.483 e. The van der Waals surface area contributed by atoms with Gasteiger partial charge in [-0.05, 0) is 24.0 Å². The van der Waals surface area contributed by atoms with Crippen LogP contribution in [0.3, 0.4) is 0 Å². The number of nitriles is 1. The highest BCUT2D eigenvalue weighted by Gasteiger charge is 2.25. The molecule has 26 heavy (non-hydrogen) atoms. The average Bonchev–Trinajstić information content (AvgIpc) is 2.60. The molecular weight excluding hydrogens is 330 g/mol. The first-order valence-corrected chi connectivity index (χ1v) is 8.89. The van der Waals surface area contributed by atoms with Crippen LogP contribution < -0.4 is 4.74 Å². The van der Waals surface area contributed by atoms with Crippen LogP contribution in [0.15, 0.2) is 18.2 Å². The molecule has 1 aromatic rings. The van der Waals surface area contributed by atoms with Gasteiger partial charge in [-0.15, -0.1) is 0 Å². The summed E-state index contributed by atoms with van der Waals surface area (Å²) in [5.41, 5.74) is 2.17. The zero-order valence-corrected chi connectivity index (χ0v) is 16.0. The number of nitrogens with zero attached hydrogens (tertiary/aromatic N) is 3. The molecule has 1 fully saturated rings. The summed E-state index contributed by atoms with van der Waals surface area (Å²) in [4.78, 5) is 27.5. The summed E-state index contributed by atoms with van der Waals surface area (Å²) in [6, 6.07) is 7.86. The molecule has 0 aliphatic carbocycles. The van der Waals surface area contributed by atoms with Crippen LogP contribution in [-0.2, 0) is 15.0 Å². The monoisotopic (exact) mass is 357 g/mol. The van der Waals surface area contributed by atoms with Crippen LogP contribution in [0.1, 0.15) is 38.3 Å². The van der Waals surface area contributed by atoms with Gasteiger partial charge in [0.25, 0.3) is 5.91 Å². The Kier molecular flexibility index (Phi) is 6.25. The van der Waals surface area contributed by atoms with E-state index in [0.29, 0.717) is 26.2 Å². The second-order valence-electron chi connectivity index (χ2n) is 7.63. The van der Waals surface area contributed by atoms with E-state index >= 15 is 0 Å². The predicted molar refractivity (Wildman–Crippen MR) is 98.8 cm³/mol. The van der Waals surface area contributed by atoms with E-state index in [4.69, 9.17) is 10.00 Å². The van der Waals surface area contributed by atoms with Crippen molar-refractivity contribution >= 4 is 11.8 Å². The highest BCUT2D eigenvalue weighted by atomic mass is 16.5. The maximum absolute atomic E-state index is 12.4. The molecule has 0 bridgehead atoms. The number of piperazine rings is 1. The third-order valence-corrected chi connectivity index (χ3v) is 4.51. The van der Waals surface area contributed by atoms with Crippen molar-refractivity contribution in [2.75, 3.05) is 32.8 Å². The van der Waals surface area contributed by atoms with E-state index in [9.17, 15) is 9.59 Å². The molecule has 0 N–H and O–H groups in total. The van der Waals surface area contributed by atoms with Gasteiger partial charge in [-0.3, -0.25) is 9.59 Å². The second-order valence-corrected chi connectivity index (χ2v) is 7.63. The third kappa shape index (κ3) is 4.98. The van der Waals surface area contributed by atoms with E-state index in [0.717, 1.165) is 16.9 Å². The smallest absolute Gasteiger partial charge is 0.260 e. The first-order chi connectivity index (χ1) is 12.2. The van der Waals surface area contributed by atoms with Crippen LogP contribution in [0.2, 0.25) is 0 Å². The Hall–Kier alpha value is -2.55. The van der Waals surface area contributed by atoms with E-state index in [2.05, 4.69) is 26.8 Å². The molecule has 1 saturated heterocycles. The Morgan fingerprint density at radius 1 is 1.12 bits per heavy atom. The molecule has 2 rings (SSSR count). The minimum Gasteiger partial charge on any atom is -0.483 e. The van der Waals surface area contributed by atoms with Gasteiger partial charge in [-0.25, -0.2) is 0 Å². The second kappa shape index (κ2) is 8.22. The molecule has 0 atom stereocenters. The fourth-order valence-electron chi connectivity index (χ4n) is 2.97. The van der Waals surface area contributed by atoms with E-state index < -0.39 is 0 Å². The lowest BCUT2D eigenvalue weighted by atomic mass is 9.85. The SMILES string of the molecule is Cc1ccc(OCC(=O)N2CCN(C(=O)CC#N)CC2)c(C(C)(C)C)c1. The molecule has 1 aromatic carbocycles. The minimum atomic E-state index is -0.176. The van der Waals surface area contributed by atoms with Crippen LogP contribution in [0.25, 0.3) is 0 Å². The van der Waals surface area contributed by atoms with Crippen molar-refractivity contribution in [1.82, 2.24) is 9.80 Å². The first kappa shape index (κ1) is 19.8. The average molecular weight is 357 g/mol. The Morgan fingerprint density at radius 3 is 2.23 bits per heavy atom. The normalized spacial score (nSPS) is 14.7.